The third-order valence-electron chi connectivity index (χ3n) is 4.16. The lowest BCUT2D eigenvalue weighted by Crippen LogP contribution is -2.30. The Labute approximate surface area is 136 Å². The highest BCUT2D eigenvalue weighted by Gasteiger charge is 2.18. The number of nitrogens with one attached hydrogen (secondary N) is 1. The monoisotopic (exact) mass is 318 g/mol. The molecule has 0 fully saturated rings. The van der Waals surface area contributed by atoms with Crippen LogP contribution < -0.4 is 4.90 Å². The Kier molecular flexibility index (Phi) is 4.59. The Hall–Kier alpha value is -1.66. The van der Waals surface area contributed by atoms with Crippen molar-refractivity contribution in [2.24, 2.45) is 0 Å². The molecular weight excluding hydrogens is 296 g/mol. The molecule has 0 aliphatic carbocycles. The standard InChI is InChI=1S/C16H22N4OS/c1-3-20(4-2)15-6-5-13(21-15)11-19-8-7-14-12(10-19)9-17-16(22)18-14/h5-6,9H,3-4,7-8,10-11H2,1-2H3,(H,17,18,22). The number of nitrogens with zero attached hydrogens (tertiary/aromatic N) is 3. The number of hydrogen-bond acceptors (Lipinski definition) is 5. The second-order valence-electron chi connectivity index (χ2n) is 5.57. The van der Waals surface area contributed by atoms with E-state index in [9.17, 15) is 0 Å². The van der Waals surface area contributed by atoms with Gasteiger partial charge in [0.15, 0.2) is 10.7 Å². The molecule has 22 heavy (non-hydrogen) atoms. The van der Waals surface area contributed by atoms with Crippen LogP contribution >= 0.6 is 12.2 Å². The molecule has 118 valence electrons. The first-order chi connectivity index (χ1) is 10.7. The first-order valence-corrected chi connectivity index (χ1v) is 8.23. The number of H-pyrrole nitrogens is 1. The number of fused-ring (bicyclic) bond motifs is 1. The lowest BCUT2D eigenvalue weighted by atomic mass is 10.1. The van der Waals surface area contributed by atoms with Gasteiger partial charge in [0.25, 0.3) is 0 Å². The van der Waals surface area contributed by atoms with Gasteiger partial charge >= 0.3 is 0 Å². The van der Waals surface area contributed by atoms with Crippen LogP contribution in [0.3, 0.4) is 0 Å². The molecule has 6 heteroatoms. The third-order valence-corrected chi connectivity index (χ3v) is 4.36. The summed E-state index contributed by atoms with van der Waals surface area (Å²) in [5.41, 5.74) is 2.45. The van der Waals surface area contributed by atoms with Crippen LogP contribution in [0.1, 0.15) is 30.9 Å². The summed E-state index contributed by atoms with van der Waals surface area (Å²) in [6.07, 6.45) is 2.87. The van der Waals surface area contributed by atoms with Crippen molar-refractivity contribution in [1.82, 2.24) is 14.9 Å². The van der Waals surface area contributed by atoms with Gasteiger partial charge in [-0.25, -0.2) is 4.98 Å². The summed E-state index contributed by atoms with van der Waals surface area (Å²) in [7, 11) is 0. The van der Waals surface area contributed by atoms with Crippen LogP contribution in [-0.2, 0) is 19.5 Å². The van der Waals surface area contributed by atoms with Crippen LogP contribution in [0.4, 0.5) is 5.88 Å². The molecule has 3 rings (SSSR count). The van der Waals surface area contributed by atoms with E-state index in [0.29, 0.717) is 4.77 Å². The fourth-order valence-electron chi connectivity index (χ4n) is 2.92. The molecule has 1 aliphatic heterocycles. The number of anilines is 1. The summed E-state index contributed by atoms with van der Waals surface area (Å²) < 4.78 is 6.55. The third kappa shape index (κ3) is 3.23. The highest BCUT2D eigenvalue weighted by Crippen LogP contribution is 2.22. The minimum absolute atomic E-state index is 0.571. The van der Waals surface area contributed by atoms with E-state index in [0.717, 1.165) is 50.8 Å². The zero-order chi connectivity index (χ0) is 15.5. The largest absolute Gasteiger partial charge is 0.444 e. The van der Waals surface area contributed by atoms with Gasteiger partial charge in [-0.1, -0.05) is 0 Å². The molecular formula is C16H22N4OS. The Morgan fingerprint density at radius 2 is 2.18 bits per heavy atom. The Morgan fingerprint density at radius 3 is 2.95 bits per heavy atom. The molecule has 3 heterocycles. The predicted molar refractivity (Wildman–Crippen MR) is 89.5 cm³/mol. The van der Waals surface area contributed by atoms with Crippen molar-refractivity contribution in [2.45, 2.75) is 33.4 Å². The van der Waals surface area contributed by atoms with Crippen molar-refractivity contribution >= 4 is 18.1 Å². The molecule has 0 aromatic carbocycles. The van der Waals surface area contributed by atoms with E-state index in [1.807, 2.05) is 6.20 Å². The molecule has 2 aromatic rings. The Morgan fingerprint density at radius 1 is 1.36 bits per heavy atom. The van der Waals surface area contributed by atoms with E-state index in [4.69, 9.17) is 16.6 Å². The predicted octanol–water partition coefficient (Wildman–Crippen LogP) is 3.14. The summed E-state index contributed by atoms with van der Waals surface area (Å²) in [5.74, 6) is 1.98. The van der Waals surface area contributed by atoms with Crippen LogP contribution in [0, 0.1) is 4.77 Å². The molecule has 0 unspecified atom stereocenters. The summed E-state index contributed by atoms with van der Waals surface area (Å²) >= 11 is 5.08. The molecule has 0 bridgehead atoms. The lowest BCUT2D eigenvalue weighted by molar-refractivity contribution is 0.224. The molecule has 1 aliphatic rings. The van der Waals surface area contributed by atoms with Crippen LogP contribution in [-0.4, -0.2) is 34.5 Å². The average molecular weight is 318 g/mol. The molecule has 0 amide bonds. The van der Waals surface area contributed by atoms with E-state index in [2.05, 4.69) is 45.7 Å². The van der Waals surface area contributed by atoms with E-state index < -0.39 is 0 Å². The molecule has 2 aromatic heterocycles. The highest BCUT2D eigenvalue weighted by molar-refractivity contribution is 7.71. The van der Waals surface area contributed by atoms with Crippen molar-refractivity contribution in [3.63, 3.8) is 0 Å². The summed E-state index contributed by atoms with van der Waals surface area (Å²) in [5, 5.41) is 0. The van der Waals surface area contributed by atoms with Gasteiger partial charge in [-0.05, 0) is 32.1 Å². The van der Waals surface area contributed by atoms with Crippen LogP contribution in [0.15, 0.2) is 22.7 Å². The molecule has 0 saturated carbocycles. The highest BCUT2D eigenvalue weighted by atomic mass is 32.1. The molecule has 0 radical (unpaired) electrons. The van der Waals surface area contributed by atoms with Gasteiger partial charge in [-0.2, -0.15) is 0 Å². The van der Waals surface area contributed by atoms with Crippen molar-refractivity contribution in [1.29, 1.82) is 0 Å². The molecule has 0 atom stereocenters. The number of aromatic nitrogens is 2. The topological polar surface area (TPSA) is 48.3 Å². The Bertz CT molecular complexity index is 689. The minimum Gasteiger partial charge on any atom is -0.444 e. The van der Waals surface area contributed by atoms with Gasteiger partial charge < -0.3 is 14.3 Å². The maximum absolute atomic E-state index is 5.98. The fraction of sp³-hybridized carbons (Fsp3) is 0.500. The van der Waals surface area contributed by atoms with Crippen LogP contribution in [0.25, 0.3) is 0 Å². The number of hydrogen-bond donors (Lipinski definition) is 1. The van der Waals surface area contributed by atoms with Crippen molar-refractivity contribution in [2.75, 3.05) is 24.5 Å². The maximum Gasteiger partial charge on any atom is 0.196 e. The van der Waals surface area contributed by atoms with Gasteiger partial charge in [-0.3, -0.25) is 4.90 Å². The van der Waals surface area contributed by atoms with Crippen LogP contribution in [0.2, 0.25) is 0 Å². The first-order valence-electron chi connectivity index (χ1n) is 7.82. The molecule has 5 nitrogen and oxygen atoms in total. The smallest absolute Gasteiger partial charge is 0.196 e. The number of rotatable bonds is 5. The van der Waals surface area contributed by atoms with Gasteiger partial charge in [0.2, 0.25) is 0 Å². The summed E-state index contributed by atoms with van der Waals surface area (Å²) in [6.45, 7) is 8.93. The summed E-state index contributed by atoms with van der Waals surface area (Å²) in [6, 6.07) is 4.15. The quantitative estimate of drug-likeness (QED) is 0.858. The number of aromatic amines is 1. The second kappa shape index (κ2) is 6.62. The Balaban J connectivity index is 1.67. The minimum atomic E-state index is 0.571. The van der Waals surface area contributed by atoms with E-state index in [1.165, 1.54) is 11.3 Å². The molecule has 0 saturated heterocycles. The lowest BCUT2D eigenvalue weighted by Gasteiger charge is -2.27. The van der Waals surface area contributed by atoms with E-state index in [-0.39, 0.29) is 0 Å². The maximum atomic E-state index is 5.98. The molecule has 0 spiro atoms. The van der Waals surface area contributed by atoms with Crippen LogP contribution in [0.5, 0.6) is 0 Å². The van der Waals surface area contributed by atoms with Gasteiger partial charge in [0.1, 0.15) is 5.76 Å². The zero-order valence-electron chi connectivity index (χ0n) is 13.1. The van der Waals surface area contributed by atoms with Crippen molar-refractivity contribution in [3.05, 3.63) is 40.1 Å². The SMILES string of the molecule is CCN(CC)c1ccc(CN2CCc3[nH]c(=S)ncc3C2)o1. The van der Waals surface area contributed by atoms with Gasteiger partial charge in [0, 0.05) is 56.1 Å². The fourth-order valence-corrected chi connectivity index (χ4v) is 3.09. The van der Waals surface area contributed by atoms with Gasteiger partial charge in [0.05, 0.1) is 6.54 Å². The van der Waals surface area contributed by atoms with E-state index in [1.54, 1.807) is 0 Å². The van der Waals surface area contributed by atoms with E-state index >= 15 is 0 Å². The average Bonchev–Trinajstić information content (AvgIpc) is 2.97. The second-order valence-corrected chi connectivity index (χ2v) is 5.95. The normalized spacial score (nSPS) is 14.8. The summed E-state index contributed by atoms with van der Waals surface area (Å²) in [4.78, 5) is 12.0. The first kappa shape index (κ1) is 15.2. The number of furan rings is 1. The zero-order valence-corrected chi connectivity index (χ0v) is 13.9. The van der Waals surface area contributed by atoms with Crippen molar-refractivity contribution < 1.29 is 4.42 Å². The van der Waals surface area contributed by atoms with Gasteiger partial charge in [-0.15, -0.1) is 0 Å². The molecule has 1 N–H and O–H groups in total. The van der Waals surface area contributed by atoms with Crippen molar-refractivity contribution in [3.8, 4) is 0 Å².